The van der Waals surface area contributed by atoms with Gasteiger partial charge in [0.25, 0.3) is 5.91 Å². The Labute approximate surface area is 330 Å². The standard InChI is InChI=1S/C39H65ClN6O9/c40-30-23-29(38-28(35(30)41)15-22-55-38)39(54)44-27-13-20-46(21-14-27)17-8-4-6-10-34(51)43-26-11-18-45(19-12-26)16-7-3-1-2-5-9-33(50)42-24-31(48)36(52)37(53)32(49)25-47/h23,26-27,31-32,36-37,47-49,52-53H,1-22,24-25,41H2,(H,42,50)(H,43,51)(H,44,54)/t31-,32+,36+,37+/m0/s1. The first-order valence-electron chi connectivity index (χ1n) is 20.3. The second kappa shape index (κ2) is 23.5. The van der Waals surface area contributed by atoms with E-state index < -0.39 is 31.0 Å². The van der Waals surface area contributed by atoms with Crippen molar-refractivity contribution in [3.8, 4) is 5.75 Å². The van der Waals surface area contributed by atoms with Crippen LogP contribution in [0, 0.1) is 0 Å². The molecule has 1 aromatic carbocycles. The normalized spacial score (nSPS) is 19.2. The molecule has 16 heteroatoms. The second-order valence-electron chi connectivity index (χ2n) is 15.4. The van der Waals surface area contributed by atoms with Crippen LogP contribution in [0.15, 0.2) is 6.07 Å². The number of likely N-dealkylation sites (tertiary alicyclic amines) is 2. The predicted octanol–water partition coefficient (Wildman–Crippen LogP) is 1.09. The number of benzene rings is 1. The summed E-state index contributed by atoms with van der Waals surface area (Å²) in [7, 11) is 0. The Hall–Kier alpha value is -2.76. The van der Waals surface area contributed by atoms with E-state index in [1.807, 2.05) is 0 Å². The van der Waals surface area contributed by atoms with Crippen molar-refractivity contribution >= 4 is 35.0 Å². The van der Waals surface area contributed by atoms with Crippen molar-refractivity contribution in [2.45, 2.75) is 133 Å². The number of hydrogen-bond acceptors (Lipinski definition) is 12. The molecular formula is C39H65ClN6O9. The van der Waals surface area contributed by atoms with Crippen LogP contribution in [0.2, 0.25) is 5.02 Å². The topological polar surface area (TPSA) is 230 Å². The molecule has 1 aromatic rings. The van der Waals surface area contributed by atoms with Crippen molar-refractivity contribution in [3.05, 3.63) is 22.2 Å². The summed E-state index contributed by atoms with van der Waals surface area (Å²) in [5.74, 6) is 0.288. The molecule has 3 aliphatic rings. The maximum absolute atomic E-state index is 13.0. The number of nitrogens with one attached hydrogen (secondary N) is 3. The summed E-state index contributed by atoms with van der Waals surface area (Å²) in [5.41, 5.74) is 7.86. The van der Waals surface area contributed by atoms with Crippen LogP contribution in [-0.2, 0) is 16.0 Å². The average molecular weight is 797 g/mol. The number of carbonyl (C=O) groups is 3. The number of fused-ring (bicyclic) bond motifs is 1. The van der Waals surface area contributed by atoms with Crippen LogP contribution in [0.4, 0.5) is 5.69 Å². The summed E-state index contributed by atoms with van der Waals surface area (Å²) in [5, 5.41) is 56.9. The predicted molar refractivity (Wildman–Crippen MR) is 210 cm³/mol. The number of aliphatic hydroxyl groups excluding tert-OH is 5. The van der Waals surface area contributed by atoms with Crippen LogP contribution in [0.5, 0.6) is 5.75 Å². The van der Waals surface area contributed by atoms with Crippen LogP contribution >= 0.6 is 11.6 Å². The highest BCUT2D eigenvalue weighted by molar-refractivity contribution is 6.33. The number of aliphatic hydroxyl groups is 5. The van der Waals surface area contributed by atoms with E-state index in [0.29, 0.717) is 54.3 Å². The Kier molecular flexibility index (Phi) is 19.2. The van der Waals surface area contributed by atoms with Gasteiger partial charge < -0.3 is 61.8 Å². The van der Waals surface area contributed by atoms with Crippen LogP contribution in [-0.4, -0.2) is 149 Å². The van der Waals surface area contributed by atoms with E-state index in [9.17, 15) is 34.8 Å². The molecule has 3 amide bonds. The monoisotopic (exact) mass is 796 g/mol. The zero-order valence-electron chi connectivity index (χ0n) is 32.2. The van der Waals surface area contributed by atoms with Crippen molar-refractivity contribution in [3.63, 3.8) is 0 Å². The highest BCUT2D eigenvalue weighted by atomic mass is 35.5. The first kappa shape index (κ1) is 44.9. The van der Waals surface area contributed by atoms with Crippen LogP contribution in [0.25, 0.3) is 0 Å². The molecule has 0 spiro atoms. The number of carbonyl (C=O) groups excluding carboxylic acids is 3. The van der Waals surface area contributed by atoms with Crippen LogP contribution < -0.4 is 26.4 Å². The molecule has 0 bridgehead atoms. The molecule has 0 radical (unpaired) electrons. The van der Waals surface area contributed by atoms with Gasteiger partial charge in [0.1, 0.15) is 24.1 Å². The molecule has 0 unspecified atom stereocenters. The molecule has 15 nitrogen and oxygen atoms in total. The maximum atomic E-state index is 13.0. The minimum absolute atomic E-state index is 0.107. The van der Waals surface area contributed by atoms with E-state index >= 15 is 0 Å². The number of rotatable bonds is 23. The molecule has 4 atom stereocenters. The molecule has 0 saturated carbocycles. The number of nitrogens with zero attached hydrogens (tertiary/aromatic N) is 2. The summed E-state index contributed by atoms with van der Waals surface area (Å²) in [6, 6.07) is 1.96. The number of ether oxygens (including phenoxy) is 1. The number of nitrogens with two attached hydrogens (primary N) is 1. The van der Waals surface area contributed by atoms with Crippen LogP contribution in [0.3, 0.4) is 0 Å². The van der Waals surface area contributed by atoms with Gasteiger partial charge in [-0.2, -0.15) is 0 Å². The lowest BCUT2D eigenvalue weighted by molar-refractivity contribution is -0.126. The summed E-state index contributed by atoms with van der Waals surface area (Å²) in [6.07, 6.45) is 6.54. The van der Waals surface area contributed by atoms with Crippen molar-refractivity contribution < 1.29 is 44.7 Å². The van der Waals surface area contributed by atoms with Gasteiger partial charge in [-0.15, -0.1) is 0 Å². The van der Waals surface area contributed by atoms with Crippen molar-refractivity contribution in [1.29, 1.82) is 0 Å². The van der Waals surface area contributed by atoms with Gasteiger partial charge in [-0.05, 0) is 70.5 Å². The van der Waals surface area contributed by atoms with E-state index in [1.54, 1.807) is 6.07 Å². The molecule has 55 heavy (non-hydrogen) atoms. The SMILES string of the molecule is Nc1c(Cl)cc(C(=O)NC2CCN(CCCCCC(=O)NC3CCN(CCCCCCCC(=O)NC[C@H](O)[C@@H](O)[C@H](O)[C@H](O)CO)CC3)CC2)c2c1CCO2. The van der Waals surface area contributed by atoms with Gasteiger partial charge in [-0.3, -0.25) is 14.4 Å². The third-order valence-electron chi connectivity index (χ3n) is 11.2. The minimum atomic E-state index is -1.71. The number of piperidine rings is 2. The van der Waals surface area contributed by atoms with E-state index in [4.69, 9.17) is 27.2 Å². The molecule has 0 aromatic heterocycles. The molecule has 3 heterocycles. The zero-order chi connectivity index (χ0) is 39.7. The minimum Gasteiger partial charge on any atom is -0.492 e. The molecule has 0 aliphatic carbocycles. The van der Waals surface area contributed by atoms with Crippen molar-refractivity contribution in [2.24, 2.45) is 0 Å². The highest BCUT2D eigenvalue weighted by Crippen LogP contribution is 2.38. The quantitative estimate of drug-likeness (QED) is 0.0560. The van der Waals surface area contributed by atoms with E-state index in [-0.39, 0.29) is 36.3 Å². The largest absolute Gasteiger partial charge is 0.492 e. The summed E-state index contributed by atoms with van der Waals surface area (Å²) in [4.78, 5) is 42.6. The summed E-state index contributed by atoms with van der Waals surface area (Å²) >= 11 is 6.28. The van der Waals surface area contributed by atoms with E-state index in [0.717, 1.165) is 115 Å². The van der Waals surface area contributed by atoms with E-state index in [2.05, 4.69) is 25.8 Å². The van der Waals surface area contributed by atoms with Gasteiger partial charge in [0.2, 0.25) is 11.8 Å². The van der Waals surface area contributed by atoms with Gasteiger partial charge >= 0.3 is 0 Å². The molecule has 10 N–H and O–H groups in total. The van der Waals surface area contributed by atoms with Crippen LogP contribution in [0.1, 0.15) is 106 Å². The number of hydrogen-bond donors (Lipinski definition) is 9. The fraction of sp³-hybridized carbons (Fsp3) is 0.769. The molecule has 2 saturated heterocycles. The van der Waals surface area contributed by atoms with Gasteiger partial charge in [0.15, 0.2) is 0 Å². The van der Waals surface area contributed by atoms with Gasteiger partial charge in [0.05, 0.1) is 35.6 Å². The third kappa shape index (κ3) is 14.6. The number of halogens is 1. The van der Waals surface area contributed by atoms with E-state index in [1.165, 1.54) is 0 Å². The molecule has 2 fully saturated rings. The van der Waals surface area contributed by atoms with Crippen molar-refractivity contribution in [1.82, 2.24) is 25.8 Å². The first-order chi connectivity index (χ1) is 26.5. The third-order valence-corrected chi connectivity index (χ3v) is 11.5. The summed E-state index contributed by atoms with van der Waals surface area (Å²) < 4.78 is 5.70. The lowest BCUT2D eigenvalue weighted by Crippen LogP contribution is -2.49. The average Bonchev–Trinajstić information content (AvgIpc) is 3.68. The number of nitrogen functional groups attached to an aromatic ring is 1. The molecule has 312 valence electrons. The fourth-order valence-corrected chi connectivity index (χ4v) is 7.86. The number of anilines is 1. The number of unbranched alkanes of at least 4 members (excludes halogenated alkanes) is 6. The Bertz CT molecular complexity index is 1360. The smallest absolute Gasteiger partial charge is 0.255 e. The molecule has 3 aliphatic heterocycles. The van der Waals surface area contributed by atoms with Gasteiger partial charge in [-0.25, -0.2) is 0 Å². The van der Waals surface area contributed by atoms with Crippen molar-refractivity contribution in [2.75, 3.05) is 64.8 Å². The fourth-order valence-electron chi connectivity index (χ4n) is 7.64. The van der Waals surface area contributed by atoms with Gasteiger partial charge in [-0.1, -0.05) is 37.3 Å². The highest BCUT2D eigenvalue weighted by Gasteiger charge is 2.31. The second-order valence-corrected chi connectivity index (χ2v) is 15.8. The molecular weight excluding hydrogens is 732 g/mol. The number of amides is 3. The Balaban J connectivity index is 0.942. The Morgan fingerprint density at radius 3 is 1.93 bits per heavy atom. The Morgan fingerprint density at radius 2 is 1.31 bits per heavy atom. The maximum Gasteiger partial charge on any atom is 0.255 e. The Morgan fingerprint density at radius 1 is 0.782 bits per heavy atom. The summed E-state index contributed by atoms with van der Waals surface area (Å²) in [6.45, 7) is 5.34. The van der Waals surface area contributed by atoms with Gasteiger partial charge in [0, 0.05) is 69.6 Å². The first-order valence-corrected chi connectivity index (χ1v) is 20.7. The lowest BCUT2D eigenvalue weighted by Gasteiger charge is -2.32. The lowest BCUT2D eigenvalue weighted by atomic mass is 10.0. The zero-order valence-corrected chi connectivity index (χ0v) is 33.0. The molecule has 4 rings (SSSR count).